The van der Waals surface area contributed by atoms with E-state index in [1.165, 1.54) is 0 Å². The van der Waals surface area contributed by atoms with E-state index in [9.17, 15) is 0 Å². The SMILES string of the molecule is C1=CCC=C1.C1=CCC=C1.C=CCOCC=C. The number of rotatable bonds is 4. The van der Waals surface area contributed by atoms with Crippen LogP contribution < -0.4 is 0 Å². The normalized spacial score (nSPS) is 13.6. The number of allylic oxidation sites excluding steroid dienone is 8. The van der Waals surface area contributed by atoms with Gasteiger partial charge in [0.1, 0.15) is 0 Å². The van der Waals surface area contributed by atoms with Crippen molar-refractivity contribution in [3.05, 3.63) is 73.9 Å². The molecule has 0 aliphatic heterocycles. The molecular weight excluding hydrogens is 208 g/mol. The standard InChI is InChI=1S/C6H10O.2C5H6/c1-3-5-7-6-4-2;2*1-2-4-5-3-1/h3-4H,1-2,5-6H2;2*1-4H,5H2. The van der Waals surface area contributed by atoms with E-state index in [-0.39, 0.29) is 0 Å². The van der Waals surface area contributed by atoms with Crippen molar-refractivity contribution in [3.8, 4) is 0 Å². The molecular formula is C16H22O. The summed E-state index contributed by atoms with van der Waals surface area (Å²) < 4.78 is 4.90. The van der Waals surface area contributed by atoms with Crippen molar-refractivity contribution in [3.63, 3.8) is 0 Å². The lowest BCUT2D eigenvalue weighted by molar-refractivity contribution is 0.194. The molecule has 17 heavy (non-hydrogen) atoms. The average molecular weight is 230 g/mol. The Hall–Kier alpha value is -1.60. The summed E-state index contributed by atoms with van der Waals surface area (Å²) in [6.45, 7) is 8.18. The molecule has 0 aromatic heterocycles. The van der Waals surface area contributed by atoms with Gasteiger partial charge < -0.3 is 4.74 Å². The molecule has 0 fully saturated rings. The van der Waals surface area contributed by atoms with Gasteiger partial charge in [0.15, 0.2) is 0 Å². The van der Waals surface area contributed by atoms with Crippen LogP contribution in [0, 0.1) is 0 Å². The summed E-state index contributed by atoms with van der Waals surface area (Å²) in [6, 6.07) is 0. The third-order valence-corrected chi connectivity index (χ3v) is 1.78. The fraction of sp³-hybridized carbons (Fsp3) is 0.250. The van der Waals surface area contributed by atoms with Gasteiger partial charge in [-0.25, -0.2) is 0 Å². The van der Waals surface area contributed by atoms with Crippen LogP contribution in [0.3, 0.4) is 0 Å². The third kappa shape index (κ3) is 14.4. The highest BCUT2D eigenvalue weighted by atomic mass is 16.5. The first-order valence-corrected chi connectivity index (χ1v) is 5.84. The molecule has 0 aromatic carbocycles. The molecule has 0 unspecified atom stereocenters. The Balaban J connectivity index is 0.000000229. The first-order chi connectivity index (χ1) is 8.41. The van der Waals surface area contributed by atoms with Gasteiger partial charge >= 0.3 is 0 Å². The third-order valence-electron chi connectivity index (χ3n) is 1.78. The average Bonchev–Trinajstić information content (AvgIpc) is 3.08. The Morgan fingerprint density at radius 2 is 1.12 bits per heavy atom. The van der Waals surface area contributed by atoms with E-state index >= 15 is 0 Å². The van der Waals surface area contributed by atoms with Crippen LogP contribution in [-0.2, 0) is 4.74 Å². The first kappa shape index (κ1) is 15.4. The van der Waals surface area contributed by atoms with E-state index in [0.29, 0.717) is 13.2 Å². The summed E-state index contributed by atoms with van der Waals surface area (Å²) in [5.74, 6) is 0. The van der Waals surface area contributed by atoms with Gasteiger partial charge in [0.05, 0.1) is 13.2 Å². The second-order valence-corrected chi connectivity index (χ2v) is 3.30. The lowest BCUT2D eigenvalue weighted by atomic mass is 10.5. The molecule has 2 rings (SSSR count). The molecule has 0 heterocycles. The predicted molar refractivity (Wildman–Crippen MR) is 77.0 cm³/mol. The zero-order valence-corrected chi connectivity index (χ0v) is 10.4. The molecule has 0 saturated heterocycles. The Kier molecular flexibility index (Phi) is 13.0. The lowest BCUT2D eigenvalue weighted by Crippen LogP contribution is -1.87. The van der Waals surface area contributed by atoms with Gasteiger partial charge in [-0.15, -0.1) is 13.2 Å². The van der Waals surface area contributed by atoms with Crippen molar-refractivity contribution >= 4 is 0 Å². The van der Waals surface area contributed by atoms with Gasteiger partial charge in [-0.1, -0.05) is 60.8 Å². The maximum absolute atomic E-state index is 4.90. The maximum atomic E-state index is 4.90. The molecule has 0 saturated carbocycles. The summed E-state index contributed by atoms with van der Waals surface area (Å²) in [5, 5.41) is 0. The van der Waals surface area contributed by atoms with Gasteiger partial charge in [-0.2, -0.15) is 0 Å². The monoisotopic (exact) mass is 230 g/mol. The molecule has 1 heteroatoms. The summed E-state index contributed by atoms with van der Waals surface area (Å²) in [4.78, 5) is 0. The summed E-state index contributed by atoms with van der Waals surface area (Å²) >= 11 is 0. The minimum Gasteiger partial charge on any atom is -0.373 e. The molecule has 92 valence electrons. The van der Waals surface area contributed by atoms with Crippen molar-refractivity contribution < 1.29 is 4.74 Å². The zero-order valence-electron chi connectivity index (χ0n) is 10.4. The fourth-order valence-corrected chi connectivity index (χ4v) is 1.02. The molecule has 1 nitrogen and oxygen atoms in total. The van der Waals surface area contributed by atoms with E-state index in [4.69, 9.17) is 4.74 Å². The zero-order chi connectivity index (χ0) is 12.6. The largest absolute Gasteiger partial charge is 0.373 e. The molecule has 0 aromatic rings. The van der Waals surface area contributed by atoms with E-state index in [1.807, 2.05) is 0 Å². The van der Waals surface area contributed by atoms with Gasteiger partial charge in [0.2, 0.25) is 0 Å². The van der Waals surface area contributed by atoms with Crippen LogP contribution in [0.15, 0.2) is 73.9 Å². The second-order valence-electron chi connectivity index (χ2n) is 3.30. The van der Waals surface area contributed by atoms with Crippen LogP contribution >= 0.6 is 0 Å². The molecule has 0 amide bonds. The highest BCUT2D eigenvalue weighted by Crippen LogP contribution is 1.93. The Morgan fingerprint density at radius 3 is 1.29 bits per heavy atom. The van der Waals surface area contributed by atoms with Crippen molar-refractivity contribution in [2.45, 2.75) is 12.8 Å². The number of hydrogen-bond acceptors (Lipinski definition) is 1. The van der Waals surface area contributed by atoms with E-state index in [0.717, 1.165) is 12.8 Å². The summed E-state index contributed by atoms with van der Waals surface area (Å²) in [7, 11) is 0. The maximum Gasteiger partial charge on any atom is 0.0649 e. The molecule has 2 aliphatic carbocycles. The molecule has 0 N–H and O–H groups in total. The first-order valence-electron chi connectivity index (χ1n) is 5.84. The van der Waals surface area contributed by atoms with Gasteiger partial charge in [0, 0.05) is 0 Å². The molecule has 0 bridgehead atoms. The van der Waals surface area contributed by atoms with Gasteiger partial charge in [-0.3, -0.25) is 0 Å². The van der Waals surface area contributed by atoms with E-state index in [1.54, 1.807) is 12.2 Å². The summed E-state index contributed by atoms with van der Waals surface area (Å²) in [6.07, 6.45) is 22.4. The Labute approximate surface area is 105 Å². The molecule has 0 atom stereocenters. The van der Waals surface area contributed by atoms with Crippen LogP contribution in [0.2, 0.25) is 0 Å². The minimum absolute atomic E-state index is 0.617. The lowest BCUT2D eigenvalue weighted by Gasteiger charge is -1.89. The number of ether oxygens (including phenoxy) is 1. The topological polar surface area (TPSA) is 9.23 Å². The molecule has 2 aliphatic rings. The van der Waals surface area contributed by atoms with Crippen molar-refractivity contribution in [2.75, 3.05) is 13.2 Å². The Morgan fingerprint density at radius 1 is 0.765 bits per heavy atom. The van der Waals surface area contributed by atoms with Crippen LogP contribution in [0.25, 0.3) is 0 Å². The molecule has 0 radical (unpaired) electrons. The highest BCUT2D eigenvalue weighted by Gasteiger charge is 1.72. The van der Waals surface area contributed by atoms with Crippen molar-refractivity contribution in [1.82, 2.24) is 0 Å². The van der Waals surface area contributed by atoms with Crippen molar-refractivity contribution in [2.24, 2.45) is 0 Å². The number of hydrogen-bond donors (Lipinski definition) is 0. The molecule has 0 spiro atoms. The second kappa shape index (κ2) is 14.4. The van der Waals surface area contributed by atoms with E-state index in [2.05, 4.69) is 61.8 Å². The van der Waals surface area contributed by atoms with Crippen LogP contribution in [-0.4, -0.2) is 13.2 Å². The minimum atomic E-state index is 0.617. The summed E-state index contributed by atoms with van der Waals surface area (Å²) in [5.41, 5.74) is 0. The van der Waals surface area contributed by atoms with Gasteiger partial charge in [0.25, 0.3) is 0 Å². The van der Waals surface area contributed by atoms with Crippen molar-refractivity contribution in [1.29, 1.82) is 0 Å². The van der Waals surface area contributed by atoms with Crippen LogP contribution in [0.5, 0.6) is 0 Å². The van der Waals surface area contributed by atoms with E-state index < -0.39 is 0 Å². The van der Waals surface area contributed by atoms with Crippen LogP contribution in [0.4, 0.5) is 0 Å². The highest BCUT2D eigenvalue weighted by molar-refractivity contribution is 5.12. The van der Waals surface area contributed by atoms with Crippen LogP contribution in [0.1, 0.15) is 12.8 Å². The predicted octanol–water partition coefficient (Wildman–Crippen LogP) is 4.38. The quantitative estimate of drug-likeness (QED) is 0.514. The Bertz CT molecular complexity index is 243. The smallest absolute Gasteiger partial charge is 0.0649 e. The van der Waals surface area contributed by atoms with Gasteiger partial charge in [-0.05, 0) is 12.8 Å². The fourth-order valence-electron chi connectivity index (χ4n) is 1.02.